The van der Waals surface area contributed by atoms with Crippen LogP contribution in [0.2, 0.25) is 0 Å². The second-order valence-electron chi connectivity index (χ2n) is 2.65. The van der Waals surface area contributed by atoms with Gasteiger partial charge in [-0.05, 0) is 40.5 Å². The molecule has 1 nitrogen and oxygen atoms in total. The van der Waals surface area contributed by atoms with Crippen LogP contribution in [0.4, 0.5) is 0 Å². The second-order valence-corrected chi connectivity index (χ2v) is 7.91. The van der Waals surface area contributed by atoms with E-state index in [9.17, 15) is 4.57 Å². The highest BCUT2D eigenvalue weighted by Crippen LogP contribution is 2.59. The Morgan fingerprint density at radius 1 is 1.33 bits per heavy atom. The average Bonchev–Trinajstić information content (AvgIpc) is 1.91. The predicted octanol–water partition coefficient (Wildman–Crippen LogP) is 4.17. The maximum absolute atomic E-state index is 11.1. The molecule has 0 saturated heterocycles. The largest absolute Gasteiger partial charge is 0.289 e. The fraction of sp³-hybridized carbons (Fsp3) is 0.250. The lowest BCUT2D eigenvalue weighted by molar-refractivity contribution is 0.592. The van der Waals surface area contributed by atoms with Crippen molar-refractivity contribution in [2.75, 3.05) is 0 Å². The Morgan fingerprint density at radius 2 is 1.92 bits per heavy atom. The van der Waals surface area contributed by atoms with E-state index in [-0.39, 0.29) is 6.16 Å². The van der Waals surface area contributed by atoms with Gasteiger partial charge in [-0.15, -0.1) is 0 Å². The summed E-state index contributed by atoms with van der Waals surface area (Å²) in [6.07, 6.45) is 0.253. The number of halogens is 2. The first-order valence-electron chi connectivity index (χ1n) is 3.52. The molecule has 0 radical (unpaired) electrons. The van der Waals surface area contributed by atoms with E-state index in [1.165, 1.54) is 0 Å². The Morgan fingerprint density at radius 3 is 2.42 bits per heavy atom. The summed E-state index contributed by atoms with van der Waals surface area (Å²) < 4.78 is 11.1. The van der Waals surface area contributed by atoms with Gasteiger partial charge < -0.3 is 0 Å². The Balaban J connectivity index is 2.90. The molecule has 4 heteroatoms. The monoisotopic (exact) mass is 222 g/mol. The molecule has 0 spiro atoms. The summed E-state index contributed by atoms with van der Waals surface area (Å²) in [7, 11) is 0. The number of benzene rings is 1. The number of hydrogen-bond acceptors (Lipinski definition) is 1. The molecular weight excluding hydrogens is 214 g/mol. The average molecular weight is 223 g/mol. The van der Waals surface area contributed by atoms with E-state index in [0.29, 0.717) is 0 Å². The molecule has 0 atom stereocenters. The summed E-state index contributed by atoms with van der Waals surface area (Å²) in [5, 5.41) is 0. The molecular formula is C8H9Cl2OP. The molecule has 0 bridgehead atoms. The summed E-state index contributed by atoms with van der Waals surface area (Å²) in [5.41, 5.74) is 2.02. The fourth-order valence-corrected chi connectivity index (χ4v) is 2.51. The van der Waals surface area contributed by atoms with Gasteiger partial charge >= 0.3 is 0 Å². The van der Waals surface area contributed by atoms with E-state index in [0.717, 1.165) is 11.1 Å². The smallest absolute Gasteiger partial charge is 0.257 e. The third-order valence-electron chi connectivity index (χ3n) is 1.62. The molecule has 1 aromatic carbocycles. The number of rotatable bonds is 2. The Bertz CT molecular complexity index is 319. The van der Waals surface area contributed by atoms with Crippen LogP contribution in [-0.2, 0) is 10.7 Å². The minimum absolute atomic E-state index is 0.253. The molecule has 1 aromatic rings. The summed E-state index contributed by atoms with van der Waals surface area (Å²) in [6.45, 7) is 1.94. The van der Waals surface area contributed by atoms with Crippen molar-refractivity contribution in [1.29, 1.82) is 0 Å². The first kappa shape index (κ1) is 10.1. The Kier molecular flexibility index (Phi) is 3.22. The molecule has 0 aliphatic rings. The van der Waals surface area contributed by atoms with Crippen molar-refractivity contribution in [3.8, 4) is 0 Å². The van der Waals surface area contributed by atoms with Crippen LogP contribution >= 0.6 is 28.3 Å². The van der Waals surface area contributed by atoms with Crippen LogP contribution in [-0.4, -0.2) is 0 Å². The molecule has 0 aliphatic heterocycles. The summed E-state index contributed by atoms with van der Waals surface area (Å²) in [6, 6.07) is 7.63. The maximum atomic E-state index is 11.1. The van der Waals surface area contributed by atoms with Crippen molar-refractivity contribution in [3.63, 3.8) is 0 Å². The lowest BCUT2D eigenvalue weighted by atomic mass is 10.1. The van der Waals surface area contributed by atoms with Gasteiger partial charge in [0.1, 0.15) is 0 Å². The molecule has 0 saturated carbocycles. The SMILES string of the molecule is Cc1ccccc1CP(=O)(Cl)Cl. The highest BCUT2D eigenvalue weighted by Gasteiger charge is 2.15. The van der Waals surface area contributed by atoms with E-state index in [2.05, 4.69) is 0 Å². The van der Waals surface area contributed by atoms with Gasteiger partial charge in [-0.1, -0.05) is 24.3 Å². The van der Waals surface area contributed by atoms with Gasteiger partial charge in [-0.2, -0.15) is 0 Å². The minimum atomic E-state index is -2.97. The van der Waals surface area contributed by atoms with Crippen LogP contribution in [0.15, 0.2) is 24.3 Å². The van der Waals surface area contributed by atoms with Gasteiger partial charge in [-0.25, -0.2) is 0 Å². The van der Waals surface area contributed by atoms with Gasteiger partial charge in [0.15, 0.2) is 0 Å². The van der Waals surface area contributed by atoms with Gasteiger partial charge in [-0.3, -0.25) is 4.57 Å². The standard InChI is InChI=1S/C8H9Cl2OP/c1-7-4-2-3-5-8(7)6-12(9,10)11/h2-5H,6H2,1H3. The fourth-order valence-electron chi connectivity index (χ4n) is 0.986. The van der Waals surface area contributed by atoms with E-state index in [1.807, 2.05) is 31.2 Å². The van der Waals surface area contributed by atoms with E-state index >= 15 is 0 Å². The normalized spacial score (nSPS) is 11.6. The molecule has 0 aromatic heterocycles. The van der Waals surface area contributed by atoms with Crippen molar-refractivity contribution in [2.45, 2.75) is 13.1 Å². The first-order valence-corrected chi connectivity index (χ1v) is 7.22. The second kappa shape index (κ2) is 3.83. The molecule has 0 unspecified atom stereocenters. The van der Waals surface area contributed by atoms with Crippen molar-refractivity contribution in [2.24, 2.45) is 0 Å². The van der Waals surface area contributed by atoms with E-state index < -0.39 is 5.85 Å². The zero-order valence-corrected chi connectivity index (χ0v) is 9.03. The topological polar surface area (TPSA) is 17.1 Å². The van der Waals surface area contributed by atoms with Crippen LogP contribution in [0.5, 0.6) is 0 Å². The molecule has 0 N–H and O–H groups in total. The van der Waals surface area contributed by atoms with Gasteiger partial charge in [0.2, 0.25) is 0 Å². The zero-order chi connectivity index (χ0) is 9.19. The first-order chi connectivity index (χ1) is 5.49. The molecule has 0 fully saturated rings. The Hall–Kier alpha value is 0.0300. The predicted molar refractivity (Wildman–Crippen MR) is 54.2 cm³/mol. The highest BCUT2D eigenvalue weighted by molar-refractivity contribution is 8.08. The Labute approximate surface area is 81.6 Å². The lowest BCUT2D eigenvalue weighted by Crippen LogP contribution is -1.84. The van der Waals surface area contributed by atoms with E-state index in [4.69, 9.17) is 22.5 Å². The van der Waals surface area contributed by atoms with Crippen molar-refractivity contribution >= 4 is 28.3 Å². The van der Waals surface area contributed by atoms with Crippen LogP contribution in [0.1, 0.15) is 11.1 Å². The molecule has 12 heavy (non-hydrogen) atoms. The number of hydrogen-bond donors (Lipinski definition) is 0. The van der Waals surface area contributed by atoms with Gasteiger partial charge in [0, 0.05) is 0 Å². The zero-order valence-electron chi connectivity index (χ0n) is 6.63. The minimum Gasteiger partial charge on any atom is -0.289 e. The lowest BCUT2D eigenvalue weighted by Gasteiger charge is -2.04. The summed E-state index contributed by atoms with van der Waals surface area (Å²) >= 11 is 10.9. The summed E-state index contributed by atoms with van der Waals surface area (Å²) in [5.74, 6) is -2.97. The molecule has 66 valence electrons. The van der Waals surface area contributed by atoms with E-state index in [1.54, 1.807) is 0 Å². The van der Waals surface area contributed by atoms with Gasteiger partial charge in [0.25, 0.3) is 5.85 Å². The molecule has 0 heterocycles. The molecule has 0 aliphatic carbocycles. The quantitative estimate of drug-likeness (QED) is 0.687. The third-order valence-corrected chi connectivity index (χ3v) is 3.04. The van der Waals surface area contributed by atoms with Crippen LogP contribution < -0.4 is 0 Å². The van der Waals surface area contributed by atoms with Crippen LogP contribution in [0, 0.1) is 6.92 Å². The molecule has 1 rings (SSSR count). The van der Waals surface area contributed by atoms with Crippen molar-refractivity contribution < 1.29 is 4.57 Å². The van der Waals surface area contributed by atoms with Crippen molar-refractivity contribution in [1.82, 2.24) is 0 Å². The van der Waals surface area contributed by atoms with Gasteiger partial charge in [0.05, 0.1) is 6.16 Å². The molecule has 0 amide bonds. The maximum Gasteiger partial charge on any atom is 0.257 e. The third kappa shape index (κ3) is 3.18. The van der Waals surface area contributed by atoms with Crippen LogP contribution in [0.25, 0.3) is 0 Å². The van der Waals surface area contributed by atoms with Crippen LogP contribution in [0.3, 0.4) is 0 Å². The summed E-state index contributed by atoms with van der Waals surface area (Å²) in [4.78, 5) is 0. The highest BCUT2D eigenvalue weighted by atomic mass is 35.9. The number of aryl methyl sites for hydroxylation is 1. The van der Waals surface area contributed by atoms with Crippen molar-refractivity contribution in [3.05, 3.63) is 35.4 Å².